The first-order valence-electron chi connectivity index (χ1n) is 6.78. The van der Waals surface area contributed by atoms with Crippen LogP contribution in [0.3, 0.4) is 0 Å². The number of hydrogen-bond donors (Lipinski definition) is 6. The molecule has 2 rings (SSSR count). The predicted octanol–water partition coefficient (Wildman–Crippen LogP) is -3.34. The van der Waals surface area contributed by atoms with Crippen LogP contribution in [0.5, 0.6) is 0 Å². The van der Waals surface area contributed by atoms with Gasteiger partial charge in [-0.05, 0) is 13.8 Å². The van der Waals surface area contributed by atoms with Crippen molar-refractivity contribution in [2.24, 2.45) is 0 Å². The quantitative estimate of drug-likeness (QED) is 0.308. The van der Waals surface area contributed by atoms with Gasteiger partial charge < -0.3 is 44.8 Å². The lowest BCUT2D eigenvalue weighted by Gasteiger charge is -2.44. The van der Waals surface area contributed by atoms with Crippen LogP contribution in [0, 0.1) is 0 Å². The summed E-state index contributed by atoms with van der Waals surface area (Å²) in [6.45, 7) is 2.94. The zero-order valence-electron chi connectivity index (χ0n) is 11.7. The topological polar surface area (TPSA) is 149 Å². The summed E-state index contributed by atoms with van der Waals surface area (Å²) in [5.74, 6) is 0. The minimum atomic E-state index is -1.58. The largest absolute Gasteiger partial charge is 0.388 e. The minimum Gasteiger partial charge on any atom is -0.388 e. The highest BCUT2D eigenvalue weighted by Crippen LogP contribution is 2.28. The molecule has 9 nitrogen and oxygen atoms in total. The zero-order chi connectivity index (χ0) is 15.9. The highest BCUT2D eigenvalue weighted by atomic mass is 16.7. The third kappa shape index (κ3) is 3.21. The van der Waals surface area contributed by atoms with Crippen molar-refractivity contribution in [2.75, 3.05) is 0 Å². The van der Waals surface area contributed by atoms with Crippen LogP contribution < -0.4 is 0 Å². The van der Waals surface area contributed by atoms with Crippen LogP contribution in [0.4, 0.5) is 0 Å². The molecule has 0 aromatic carbocycles. The maximum Gasteiger partial charge on any atom is 0.187 e. The summed E-state index contributed by atoms with van der Waals surface area (Å²) in [5.41, 5.74) is 0. The molecule has 124 valence electrons. The molecule has 0 saturated carbocycles. The Morgan fingerprint density at radius 1 is 0.667 bits per heavy atom. The van der Waals surface area contributed by atoms with E-state index in [4.69, 9.17) is 14.2 Å². The van der Waals surface area contributed by atoms with Gasteiger partial charge in [0.25, 0.3) is 0 Å². The van der Waals surface area contributed by atoms with Crippen molar-refractivity contribution in [1.82, 2.24) is 0 Å². The standard InChI is InChI=1S/C12H22O9/c1-3-6(14)8(16)10(11(18)19-3)21-12-9(17)7(15)5(13)4(2)20-12/h3-18H,1-2H3/t3?,4?,5-,6-,7?,8?,9?,10?,11+,12-/m1/s1. The maximum atomic E-state index is 9.91. The van der Waals surface area contributed by atoms with Crippen LogP contribution in [0.15, 0.2) is 0 Å². The van der Waals surface area contributed by atoms with Crippen molar-refractivity contribution in [1.29, 1.82) is 0 Å². The molecule has 6 unspecified atom stereocenters. The van der Waals surface area contributed by atoms with Crippen molar-refractivity contribution < 1.29 is 44.8 Å². The Bertz CT molecular complexity index is 354. The second-order valence-electron chi connectivity index (χ2n) is 5.50. The molecule has 0 aromatic heterocycles. The molecule has 0 amide bonds. The van der Waals surface area contributed by atoms with Crippen LogP contribution in [0.2, 0.25) is 0 Å². The van der Waals surface area contributed by atoms with Gasteiger partial charge in [0.05, 0.1) is 12.2 Å². The molecule has 21 heavy (non-hydrogen) atoms. The van der Waals surface area contributed by atoms with Crippen LogP contribution in [0.25, 0.3) is 0 Å². The van der Waals surface area contributed by atoms with Crippen molar-refractivity contribution in [3.63, 3.8) is 0 Å². The van der Waals surface area contributed by atoms with Gasteiger partial charge in [0.15, 0.2) is 12.6 Å². The van der Waals surface area contributed by atoms with Gasteiger partial charge in [-0.15, -0.1) is 0 Å². The van der Waals surface area contributed by atoms with E-state index in [1.54, 1.807) is 0 Å². The molecular formula is C12H22O9. The molecule has 2 fully saturated rings. The number of aliphatic hydroxyl groups is 6. The summed E-state index contributed by atoms with van der Waals surface area (Å²) >= 11 is 0. The summed E-state index contributed by atoms with van der Waals surface area (Å²) in [5, 5.41) is 58.5. The van der Waals surface area contributed by atoms with E-state index >= 15 is 0 Å². The zero-order valence-corrected chi connectivity index (χ0v) is 11.7. The Balaban J connectivity index is 2.06. The van der Waals surface area contributed by atoms with Gasteiger partial charge >= 0.3 is 0 Å². The first-order chi connectivity index (χ1) is 9.73. The first kappa shape index (κ1) is 17.0. The van der Waals surface area contributed by atoms with E-state index in [1.807, 2.05) is 0 Å². The van der Waals surface area contributed by atoms with E-state index in [9.17, 15) is 30.6 Å². The van der Waals surface area contributed by atoms with Gasteiger partial charge in [0, 0.05) is 0 Å². The summed E-state index contributed by atoms with van der Waals surface area (Å²) in [7, 11) is 0. The molecule has 2 saturated heterocycles. The maximum absolute atomic E-state index is 9.91. The molecule has 0 aromatic rings. The lowest BCUT2D eigenvalue weighted by atomic mass is 9.98. The fraction of sp³-hybridized carbons (Fsp3) is 1.00. The molecular weight excluding hydrogens is 288 g/mol. The number of ether oxygens (including phenoxy) is 3. The van der Waals surface area contributed by atoms with Gasteiger partial charge in [0.2, 0.25) is 0 Å². The van der Waals surface area contributed by atoms with Gasteiger partial charge in [-0.2, -0.15) is 0 Å². The van der Waals surface area contributed by atoms with Gasteiger partial charge in [0.1, 0.15) is 36.6 Å². The first-order valence-corrected chi connectivity index (χ1v) is 6.78. The predicted molar refractivity (Wildman–Crippen MR) is 65.8 cm³/mol. The normalized spacial score (nSPS) is 55.4. The van der Waals surface area contributed by atoms with Crippen LogP contribution in [-0.4, -0.2) is 92.1 Å². The molecule has 0 spiro atoms. The second kappa shape index (κ2) is 6.41. The molecule has 10 atom stereocenters. The Hall–Kier alpha value is -0.360. The highest BCUT2D eigenvalue weighted by molar-refractivity contribution is 4.91. The molecule has 2 aliphatic rings. The molecule has 2 heterocycles. The highest BCUT2D eigenvalue weighted by Gasteiger charge is 2.48. The summed E-state index contributed by atoms with van der Waals surface area (Å²) < 4.78 is 15.5. The lowest BCUT2D eigenvalue weighted by Crippen LogP contribution is -2.62. The number of hydrogen-bond acceptors (Lipinski definition) is 9. The minimum absolute atomic E-state index is 0.793. The molecule has 0 aliphatic carbocycles. The van der Waals surface area contributed by atoms with Crippen LogP contribution in [0.1, 0.15) is 13.8 Å². The van der Waals surface area contributed by atoms with E-state index < -0.39 is 61.4 Å². The average molecular weight is 310 g/mol. The van der Waals surface area contributed by atoms with E-state index in [1.165, 1.54) is 13.8 Å². The molecule has 0 bridgehead atoms. The number of aliphatic hydroxyl groups excluding tert-OH is 6. The Kier molecular flexibility index (Phi) is 5.19. The van der Waals surface area contributed by atoms with Crippen molar-refractivity contribution in [3.8, 4) is 0 Å². The van der Waals surface area contributed by atoms with Crippen molar-refractivity contribution >= 4 is 0 Å². The van der Waals surface area contributed by atoms with Crippen molar-refractivity contribution in [2.45, 2.75) is 75.3 Å². The Morgan fingerprint density at radius 3 is 1.81 bits per heavy atom. The molecule has 6 N–H and O–H groups in total. The SMILES string of the molecule is CC1O[C@H](OC2C(O)[C@H](O)C(C)O[C@@H]2O)C(O)C(O)[C@@H]1O. The van der Waals surface area contributed by atoms with Crippen molar-refractivity contribution in [3.05, 3.63) is 0 Å². The number of rotatable bonds is 2. The monoisotopic (exact) mass is 310 g/mol. The average Bonchev–Trinajstić information content (AvgIpc) is 2.44. The Morgan fingerprint density at radius 2 is 1.19 bits per heavy atom. The molecule has 9 heteroatoms. The van der Waals surface area contributed by atoms with E-state index in [0.717, 1.165) is 0 Å². The third-order valence-corrected chi connectivity index (χ3v) is 3.90. The third-order valence-electron chi connectivity index (χ3n) is 3.90. The van der Waals surface area contributed by atoms with Crippen LogP contribution >= 0.6 is 0 Å². The van der Waals surface area contributed by atoms with E-state index in [-0.39, 0.29) is 0 Å². The van der Waals surface area contributed by atoms with Gasteiger partial charge in [-0.1, -0.05) is 0 Å². The smallest absolute Gasteiger partial charge is 0.187 e. The van der Waals surface area contributed by atoms with E-state index in [0.29, 0.717) is 0 Å². The summed E-state index contributed by atoms with van der Waals surface area (Å²) in [6, 6.07) is 0. The Labute approximate surface area is 121 Å². The second-order valence-corrected chi connectivity index (χ2v) is 5.50. The fourth-order valence-corrected chi connectivity index (χ4v) is 2.45. The summed E-state index contributed by atoms with van der Waals surface area (Å²) in [6.07, 6.45) is -13.0. The molecule has 0 radical (unpaired) electrons. The van der Waals surface area contributed by atoms with E-state index in [2.05, 4.69) is 0 Å². The lowest BCUT2D eigenvalue weighted by molar-refractivity contribution is -0.356. The van der Waals surface area contributed by atoms with Gasteiger partial charge in [-0.3, -0.25) is 0 Å². The van der Waals surface area contributed by atoms with Gasteiger partial charge in [-0.25, -0.2) is 0 Å². The van der Waals surface area contributed by atoms with Crippen LogP contribution in [-0.2, 0) is 14.2 Å². The summed E-state index contributed by atoms with van der Waals surface area (Å²) in [4.78, 5) is 0. The fourth-order valence-electron chi connectivity index (χ4n) is 2.45. The molecule has 2 aliphatic heterocycles.